The maximum absolute atomic E-state index is 2.78. The van der Waals surface area contributed by atoms with Crippen LogP contribution in [0.2, 0.25) is 12.8 Å². The van der Waals surface area contributed by atoms with E-state index in [-0.39, 0.29) is 0 Å². The van der Waals surface area contributed by atoms with E-state index >= 15 is 0 Å². The zero-order valence-electron chi connectivity index (χ0n) is 24.7. The third kappa shape index (κ3) is 2.34. The predicted octanol–water partition coefficient (Wildman–Crippen LogP) is 9.81. The molecule has 6 rings (SSSR count). The molecule has 195 valence electrons. The Morgan fingerprint density at radius 1 is 0.353 bits per heavy atom. The van der Waals surface area contributed by atoms with Gasteiger partial charge in [-0.25, -0.2) is 0 Å². The fourth-order valence-electron chi connectivity index (χ4n) is 13.3. The fraction of sp³-hybridized carbons (Fsp3) is 1.00. The first-order valence-corrected chi connectivity index (χ1v) is 17.5. The zero-order chi connectivity index (χ0) is 24.9. The van der Waals surface area contributed by atoms with Crippen molar-refractivity contribution in [2.24, 2.45) is 88.8 Å². The Morgan fingerprint density at radius 2 is 0.529 bits per heavy atom. The molecule has 0 radical (unpaired) electrons. The standard InChI is InChI=1S/3C11H19.Cr/c3*1-6-7(2)11-5-10(6)8(3)9(11)4;/h3*6-10H,5H2,1-4H3;. The Hall–Kier alpha value is 0.532. The van der Waals surface area contributed by atoms with Crippen molar-refractivity contribution in [1.82, 2.24) is 0 Å². The summed E-state index contributed by atoms with van der Waals surface area (Å²) in [6, 6.07) is 0. The fourth-order valence-corrected chi connectivity index (χ4v) is 23.8. The summed E-state index contributed by atoms with van der Waals surface area (Å²) in [5.74, 6) is 14.4. The van der Waals surface area contributed by atoms with E-state index in [9.17, 15) is 0 Å². The van der Waals surface area contributed by atoms with Crippen LogP contribution in [0.4, 0.5) is 0 Å². The Bertz CT molecular complexity index is 686. The molecular formula is C33H57Cr. The van der Waals surface area contributed by atoms with Gasteiger partial charge in [-0.2, -0.15) is 0 Å². The molecule has 0 aromatic rings. The van der Waals surface area contributed by atoms with E-state index in [1.165, 1.54) is 0 Å². The van der Waals surface area contributed by atoms with Crippen LogP contribution in [0, 0.1) is 88.8 Å². The van der Waals surface area contributed by atoms with Crippen LogP contribution < -0.4 is 0 Å². The van der Waals surface area contributed by atoms with Crippen molar-refractivity contribution < 1.29 is 14.1 Å². The Labute approximate surface area is 217 Å². The molecule has 6 aliphatic rings. The molecule has 0 nitrogen and oxygen atoms in total. The van der Waals surface area contributed by atoms with E-state index < -0.39 is 14.1 Å². The third-order valence-corrected chi connectivity index (χ3v) is 24.0. The number of hydrogen-bond donors (Lipinski definition) is 0. The molecule has 6 fully saturated rings. The second-order valence-electron chi connectivity index (χ2n) is 15.7. The molecule has 6 bridgehead atoms. The van der Waals surface area contributed by atoms with Crippen LogP contribution in [0.25, 0.3) is 0 Å². The summed E-state index contributed by atoms with van der Waals surface area (Å²) in [4.78, 5) is 0. The maximum atomic E-state index is 2.78. The van der Waals surface area contributed by atoms with Crippen LogP contribution >= 0.6 is 0 Å². The van der Waals surface area contributed by atoms with Crippen LogP contribution in [0.3, 0.4) is 0 Å². The van der Waals surface area contributed by atoms with Gasteiger partial charge in [0, 0.05) is 0 Å². The van der Waals surface area contributed by atoms with Crippen molar-refractivity contribution in [3.05, 3.63) is 0 Å². The van der Waals surface area contributed by atoms with Gasteiger partial charge < -0.3 is 0 Å². The van der Waals surface area contributed by atoms with Crippen LogP contribution in [-0.2, 0) is 14.1 Å². The van der Waals surface area contributed by atoms with Crippen LogP contribution in [-0.4, -0.2) is 0 Å². The SMILES string of the molecule is CC1C2C[C]([Cr]([C]34CC(C(C)C3C)C(C)C4C)[C]34CC(C(C)C3C)C(C)C4C)(C1C)C(C)C2C. The van der Waals surface area contributed by atoms with Gasteiger partial charge in [0.15, 0.2) is 0 Å². The quantitative estimate of drug-likeness (QED) is 0.358. The van der Waals surface area contributed by atoms with E-state index in [0.29, 0.717) is 12.8 Å². The first-order chi connectivity index (χ1) is 15.8. The van der Waals surface area contributed by atoms with Crippen molar-refractivity contribution in [2.75, 3.05) is 0 Å². The van der Waals surface area contributed by atoms with Crippen LogP contribution in [0.5, 0.6) is 0 Å². The summed E-state index contributed by atoms with van der Waals surface area (Å²) in [7, 11) is 0. The van der Waals surface area contributed by atoms with Gasteiger partial charge in [-0.1, -0.05) is 0 Å². The van der Waals surface area contributed by atoms with Crippen molar-refractivity contribution in [1.29, 1.82) is 0 Å². The third-order valence-electron chi connectivity index (χ3n) is 16.2. The van der Waals surface area contributed by atoms with Gasteiger partial charge in [0.2, 0.25) is 0 Å². The monoisotopic (exact) mass is 505 g/mol. The van der Waals surface area contributed by atoms with Gasteiger partial charge in [-0.15, -0.1) is 0 Å². The van der Waals surface area contributed by atoms with Gasteiger partial charge in [-0.3, -0.25) is 0 Å². The van der Waals surface area contributed by atoms with Gasteiger partial charge in [-0.05, 0) is 0 Å². The van der Waals surface area contributed by atoms with Crippen molar-refractivity contribution in [3.8, 4) is 0 Å². The molecule has 0 N–H and O–H groups in total. The predicted molar refractivity (Wildman–Crippen MR) is 142 cm³/mol. The molecular weight excluding hydrogens is 448 g/mol. The second kappa shape index (κ2) is 7.34. The summed E-state index contributed by atoms with van der Waals surface area (Å²) in [6.45, 7) is 32.8. The minimum absolute atomic E-state index is 0.686. The first kappa shape index (κ1) is 24.8. The van der Waals surface area contributed by atoms with E-state index in [2.05, 4.69) is 83.1 Å². The molecule has 0 aromatic heterocycles. The molecule has 12 unspecified atom stereocenters. The average Bonchev–Trinajstić information content (AvgIpc) is 3.54. The van der Waals surface area contributed by atoms with E-state index in [4.69, 9.17) is 0 Å². The number of fused-ring (bicyclic) bond motifs is 6. The molecule has 12 atom stereocenters. The topological polar surface area (TPSA) is 0 Å². The number of hydrogen-bond acceptors (Lipinski definition) is 0. The van der Waals surface area contributed by atoms with Crippen LogP contribution in [0.15, 0.2) is 0 Å². The molecule has 0 spiro atoms. The van der Waals surface area contributed by atoms with Crippen molar-refractivity contribution in [2.45, 2.75) is 115 Å². The molecule has 0 amide bonds. The molecule has 0 heterocycles. The van der Waals surface area contributed by atoms with Crippen molar-refractivity contribution >= 4 is 0 Å². The van der Waals surface area contributed by atoms with Gasteiger partial charge in [0.1, 0.15) is 0 Å². The molecule has 34 heavy (non-hydrogen) atoms. The van der Waals surface area contributed by atoms with E-state index in [1.807, 2.05) is 0 Å². The molecule has 6 saturated carbocycles. The van der Waals surface area contributed by atoms with Crippen LogP contribution in [0.1, 0.15) is 102 Å². The minimum atomic E-state index is -1.03. The van der Waals surface area contributed by atoms with Crippen molar-refractivity contribution in [3.63, 3.8) is 0 Å². The van der Waals surface area contributed by atoms with E-state index in [1.54, 1.807) is 19.3 Å². The second-order valence-corrected chi connectivity index (χ2v) is 20.2. The van der Waals surface area contributed by atoms with E-state index in [0.717, 1.165) is 88.8 Å². The summed E-state index contributed by atoms with van der Waals surface area (Å²) >= 11 is -1.03. The average molecular weight is 506 g/mol. The molecule has 0 aromatic carbocycles. The van der Waals surface area contributed by atoms with Gasteiger partial charge in [0.25, 0.3) is 0 Å². The molecule has 0 aliphatic heterocycles. The molecule has 1 heteroatoms. The first-order valence-electron chi connectivity index (χ1n) is 15.6. The Morgan fingerprint density at radius 3 is 0.706 bits per heavy atom. The van der Waals surface area contributed by atoms with Gasteiger partial charge >= 0.3 is 218 Å². The zero-order valence-corrected chi connectivity index (χ0v) is 26.0. The van der Waals surface area contributed by atoms with Gasteiger partial charge in [0.05, 0.1) is 0 Å². The Kier molecular flexibility index (Phi) is 5.36. The number of rotatable bonds is 3. The molecule has 0 saturated heterocycles. The normalized spacial score (nSPS) is 68.6. The summed E-state index contributed by atoms with van der Waals surface area (Å²) in [5, 5.41) is 0. The summed E-state index contributed by atoms with van der Waals surface area (Å²) in [5.41, 5.74) is 0. The Balaban J connectivity index is 1.64. The summed E-state index contributed by atoms with van der Waals surface area (Å²) < 4.78 is 2.06. The molecule has 6 aliphatic carbocycles. The summed E-state index contributed by atoms with van der Waals surface area (Å²) in [6.07, 6.45) is 4.85.